The van der Waals surface area contributed by atoms with Crippen molar-refractivity contribution >= 4 is 11.4 Å². The van der Waals surface area contributed by atoms with Crippen molar-refractivity contribution in [3.63, 3.8) is 0 Å². The predicted octanol–water partition coefficient (Wildman–Crippen LogP) is 3.55. The Morgan fingerprint density at radius 2 is 1.81 bits per heavy atom. The van der Waals surface area contributed by atoms with E-state index in [0.29, 0.717) is 6.10 Å². The number of anilines is 2. The maximum absolute atomic E-state index is 6.08. The monoisotopic (exact) mass is 285 g/mol. The molecule has 0 radical (unpaired) electrons. The maximum atomic E-state index is 6.08. The Bertz CT molecular complexity index is 583. The second-order valence-electron chi connectivity index (χ2n) is 5.14. The van der Waals surface area contributed by atoms with Crippen LogP contribution in [0.2, 0.25) is 0 Å². The fourth-order valence-electron chi connectivity index (χ4n) is 2.56. The maximum Gasteiger partial charge on any atom is 0.163 e. The number of nitrogens with one attached hydrogen (secondary N) is 1. The summed E-state index contributed by atoms with van der Waals surface area (Å²) in [6.45, 7) is 0. The molecule has 1 fully saturated rings. The summed E-state index contributed by atoms with van der Waals surface area (Å²) >= 11 is 0. The summed E-state index contributed by atoms with van der Waals surface area (Å²) in [5, 5.41) is 3.26. The van der Waals surface area contributed by atoms with Gasteiger partial charge >= 0.3 is 0 Å². The van der Waals surface area contributed by atoms with Gasteiger partial charge in [0.1, 0.15) is 6.33 Å². The third kappa shape index (κ3) is 3.42. The summed E-state index contributed by atoms with van der Waals surface area (Å²) in [7, 11) is 1.66. The van der Waals surface area contributed by atoms with E-state index in [-0.39, 0.29) is 0 Å². The molecule has 1 heterocycles. The van der Waals surface area contributed by atoms with Crippen LogP contribution in [0.3, 0.4) is 0 Å². The highest BCUT2D eigenvalue weighted by Crippen LogP contribution is 2.34. The summed E-state index contributed by atoms with van der Waals surface area (Å²) < 4.78 is 11.5. The third-order valence-electron chi connectivity index (χ3n) is 3.61. The van der Waals surface area contributed by atoms with E-state index in [9.17, 15) is 0 Å². The molecule has 1 aliphatic carbocycles. The molecule has 1 aromatic carbocycles. The first kappa shape index (κ1) is 13.7. The van der Waals surface area contributed by atoms with Crippen LogP contribution in [-0.2, 0) is 0 Å². The summed E-state index contributed by atoms with van der Waals surface area (Å²) in [6, 6.07) is 5.83. The summed E-state index contributed by atoms with van der Waals surface area (Å²) in [6.07, 6.45) is 9.99. The molecule has 2 aromatic rings. The van der Waals surface area contributed by atoms with Crippen LogP contribution >= 0.6 is 0 Å². The van der Waals surface area contributed by atoms with Gasteiger partial charge in [-0.1, -0.05) is 0 Å². The van der Waals surface area contributed by atoms with Crippen molar-refractivity contribution in [3.05, 3.63) is 36.9 Å². The van der Waals surface area contributed by atoms with E-state index >= 15 is 0 Å². The predicted molar refractivity (Wildman–Crippen MR) is 81.2 cm³/mol. The quantitative estimate of drug-likeness (QED) is 0.910. The average Bonchev–Trinajstić information content (AvgIpc) is 3.02. The van der Waals surface area contributed by atoms with Gasteiger partial charge in [0.2, 0.25) is 0 Å². The zero-order valence-corrected chi connectivity index (χ0v) is 12.1. The molecule has 0 bridgehead atoms. The van der Waals surface area contributed by atoms with Crippen molar-refractivity contribution in [2.75, 3.05) is 12.4 Å². The van der Waals surface area contributed by atoms with Gasteiger partial charge in [-0.3, -0.25) is 0 Å². The van der Waals surface area contributed by atoms with E-state index in [1.807, 2.05) is 18.2 Å². The molecule has 1 aliphatic rings. The summed E-state index contributed by atoms with van der Waals surface area (Å²) in [4.78, 5) is 7.98. The van der Waals surface area contributed by atoms with Crippen molar-refractivity contribution in [2.24, 2.45) is 0 Å². The molecule has 0 aliphatic heterocycles. The largest absolute Gasteiger partial charge is 0.493 e. The Morgan fingerprint density at radius 3 is 2.52 bits per heavy atom. The first-order valence-corrected chi connectivity index (χ1v) is 7.22. The Kier molecular flexibility index (Phi) is 4.19. The second-order valence-corrected chi connectivity index (χ2v) is 5.14. The van der Waals surface area contributed by atoms with Gasteiger partial charge < -0.3 is 14.8 Å². The van der Waals surface area contributed by atoms with Crippen LogP contribution in [0.25, 0.3) is 0 Å². The number of hydrogen-bond acceptors (Lipinski definition) is 5. The molecule has 0 spiro atoms. The molecule has 21 heavy (non-hydrogen) atoms. The molecule has 0 saturated heterocycles. The molecule has 0 atom stereocenters. The lowest BCUT2D eigenvalue weighted by atomic mass is 10.2. The number of aromatic nitrogens is 2. The fraction of sp³-hybridized carbons (Fsp3) is 0.375. The van der Waals surface area contributed by atoms with E-state index in [1.165, 1.54) is 19.2 Å². The van der Waals surface area contributed by atoms with Crippen LogP contribution in [0.1, 0.15) is 25.7 Å². The van der Waals surface area contributed by atoms with Gasteiger partial charge in [-0.2, -0.15) is 0 Å². The van der Waals surface area contributed by atoms with Crippen molar-refractivity contribution in [1.82, 2.24) is 9.97 Å². The van der Waals surface area contributed by atoms with Gasteiger partial charge in [0, 0.05) is 11.8 Å². The van der Waals surface area contributed by atoms with Crippen LogP contribution in [0, 0.1) is 0 Å². The molecule has 5 heteroatoms. The number of methoxy groups -OCH3 is 1. The molecule has 0 unspecified atom stereocenters. The lowest BCUT2D eigenvalue weighted by molar-refractivity contribution is 0.201. The highest BCUT2D eigenvalue weighted by molar-refractivity contribution is 5.62. The van der Waals surface area contributed by atoms with E-state index in [2.05, 4.69) is 15.3 Å². The number of hydrogen-bond donors (Lipinski definition) is 1. The van der Waals surface area contributed by atoms with Crippen molar-refractivity contribution in [2.45, 2.75) is 31.8 Å². The zero-order chi connectivity index (χ0) is 14.5. The van der Waals surface area contributed by atoms with Crippen molar-refractivity contribution in [3.8, 4) is 11.5 Å². The van der Waals surface area contributed by atoms with Gasteiger partial charge in [0.05, 0.1) is 31.3 Å². The lowest BCUT2D eigenvalue weighted by Crippen LogP contribution is -2.11. The second kappa shape index (κ2) is 6.43. The minimum Gasteiger partial charge on any atom is -0.493 e. The average molecular weight is 285 g/mol. The molecule has 3 rings (SSSR count). The molecular weight excluding hydrogens is 266 g/mol. The highest BCUT2D eigenvalue weighted by atomic mass is 16.5. The van der Waals surface area contributed by atoms with E-state index < -0.39 is 0 Å². The number of rotatable bonds is 5. The molecule has 5 nitrogen and oxygen atoms in total. The Morgan fingerprint density at radius 1 is 1.05 bits per heavy atom. The molecule has 110 valence electrons. The number of benzene rings is 1. The minimum absolute atomic E-state index is 0.300. The molecule has 0 amide bonds. The van der Waals surface area contributed by atoms with Gasteiger partial charge in [-0.25, -0.2) is 9.97 Å². The van der Waals surface area contributed by atoms with Gasteiger partial charge in [-0.15, -0.1) is 0 Å². The standard InChI is InChI=1S/C16H19N3O2/c1-20-15-7-6-12(19-13-9-17-11-18-10-13)8-16(15)21-14-4-2-3-5-14/h6-11,14,19H,2-5H2,1H3. The lowest BCUT2D eigenvalue weighted by Gasteiger charge is -2.17. The topological polar surface area (TPSA) is 56.3 Å². The van der Waals surface area contributed by atoms with Crippen LogP contribution in [0.15, 0.2) is 36.9 Å². The normalized spacial score (nSPS) is 14.9. The smallest absolute Gasteiger partial charge is 0.163 e. The number of ether oxygens (including phenoxy) is 2. The third-order valence-corrected chi connectivity index (χ3v) is 3.61. The van der Waals surface area contributed by atoms with Crippen molar-refractivity contribution in [1.29, 1.82) is 0 Å². The van der Waals surface area contributed by atoms with Gasteiger partial charge in [-0.05, 0) is 37.8 Å². The Hall–Kier alpha value is -2.30. The number of nitrogens with zero attached hydrogens (tertiary/aromatic N) is 2. The van der Waals surface area contributed by atoms with Gasteiger partial charge in [0.25, 0.3) is 0 Å². The van der Waals surface area contributed by atoms with Crippen LogP contribution < -0.4 is 14.8 Å². The van der Waals surface area contributed by atoms with Gasteiger partial charge in [0.15, 0.2) is 11.5 Å². The van der Waals surface area contributed by atoms with Crippen LogP contribution in [0.4, 0.5) is 11.4 Å². The van der Waals surface area contributed by atoms with E-state index in [0.717, 1.165) is 35.7 Å². The van der Waals surface area contributed by atoms with Crippen LogP contribution in [0.5, 0.6) is 11.5 Å². The fourth-order valence-corrected chi connectivity index (χ4v) is 2.56. The summed E-state index contributed by atoms with van der Waals surface area (Å²) in [5.41, 5.74) is 1.77. The molecule has 1 aromatic heterocycles. The van der Waals surface area contributed by atoms with E-state index in [4.69, 9.17) is 9.47 Å². The van der Waals surface area contributed by atoms with Crippen LogP contribution in [-0.4, -0.2) is 23.2 Å². The van der Waals surface area contributed by atoms with E-state index in [1.54, 1.807) is 19.5 Å². The minimum atomic E-state index is 0.300. The first-order valence-electron chi connectivity index (χ1n) is 7.22. The molecular formula is C16H19N3O2. The first-order chi connectivity index (χ1) is 10.3. The SMILES string of the molecule is COc1ccc(Nc2cncnc2)cc1OC1CCCC1. The zero-order valence-electron chi connectivity index (χ0n) is 12.1. The Labute approximate surface area is 124 Å². The Balaban J connectivity index is 1.78. The summed E-state index contributed by atoms with van der Waals surface area (Å²) in [5.74, 6) is 1.54. The highest BCUT2D eigenvalue weighted by Gasteiger charge is 2.18. The van der Waals surface area contributed by atoms with Crippen molar-refractivity contribution < 1.29 is 9.47 Å². The molecule has 1 N–H and O–H groups in total. The molecule has 1 saturated carbocycles.